The zero-order chi connectivity index (χ0) is 19.4. The summed E-state index contributed by atoms with van der Waals surface area (Å²) in [6.45, 7) is 3.86. The number of hydrogen-bond acceptors (Lipinski definition) is 4. The topological polar surface area (TPSA) is 87.2 Å². The monoisotopic (exact) mass is 383 g/mol. The molecule has 27 heavy (non-hydrogen) atoms. The van der Waals surface area contributed by atoms with Gasteiger partial charge >= 0.3 is 0 Å². The molecule has 5 nitrogen and oxygen atoms in total. The molecule has 0 amide bonds. The van der Waals surface area contributed by atoms with E-state index in [1.807, 2.05) is 0 Å². The summed E-state index contributed by atoms with van der Waals surface area (Å²) in [5, 5.41) is 14.6. The molecular weight excluding hydrogens is 358 g/mol. The maximum Gasteiger partial charge on any atom is 0.238 e. The molecule has 2 aromatic rings. The van der Waals surface area contributed by atoms with Crippen LogP contribution in [-0.4, -0.2) is 21.5 Å². The normalized spacial score (nSPS) is 15.5. The summed E-state index contributed by atoms with van der Waals surface area (Å²) in [6, 6.07) is 15.4. The van der Waals surface area contributed by atoms with E-state index in [-0.39, 0.29) is 4.90 Å². The first-order chi connectivity index (χ1) is 12.9. The van der Waals surface area contributed by atoms with Gasteiger partial charge in [-0.2, -0.15) is 5.26 Å². The maximum atomic E-state index is 11.5. The van der Waals surface area contributed by atoms with Crippen molar-refractivity contribution in [1.82, 2.24) is 0 Å². The van der Waals surface area contributed by atoms with Crippen molar-refractivity contribution in [3.05, 3.63) is 59.2 Å². The van der Waals surface area contributed by atoms with Crippen LogP contribution in [0.25, 0.3) is 0 Å². The molecule has 0 atom stereocenters. The number of nitriles is 1. The molecule has 2 aromatic carbocycles. The molecule has 0 saturated carbocycles. The first-order valence-electron chi connectivity index (χ1n) is 9.24. The Morgan fingerprint density at radius 3 is 2.41 bits per heavy atom. The molecule has 1 fully saturated rings. The van der Waals surface area contributed by atoms with E-state index in [1.165, 1.54) is 29.7 Å². The second-order valence-electron chi connectivity index (χ2n) is 7.29. The SMILES string of the molecule is Cc1ccc(CCC2CCN(c3ccc(S(N)(=O)=O)cc3C#N)CC2)cc1. The Labute approximate surface area is 161 Å². The van der Waals surface area contributed by atoms with Crippen molar-refractivity contribution in [2.45, 2.75) is 37.5 Å². The van der Waals surface area contributed by atoms with E-state index in [9.17, 15) is 13.7 Å². The Morgan fingerprint density at radius 1 is 1.15 bits per heavy atom. The van der Waals surface area contributed by atoms with E-state index in [2.05, 4.69) is 42.2 Å². The number of nitrogens with zero attached hydrogens (tertiary/aromatic N) is 2. The Kier molecular flexibility index (Phi) is 5.83. The van der Waals surface area contributed by atoms with Gasteiger partial charge in [0.1, 0.15) is 6.07 Å². The van der Waals surface area contributed by atoms with Gasteiger partial charge in [0.2, 0.25) is 10.0 Å². The van der Waals surface area contributed by atoms with Crippen LogP contribution in [0.4, 0.5) is 5.69 Å². The summed E-state index contributed by atoms with van der Waals surface area (Å²) >= 11 is 0. The largest absolute Gasteiger partial charge is 0.370 e. The molecule has 6 heteroatoms. The minimum atomic E-state index is -3.80. The Balaban J connectivity index is 1.60. The number of primary sulfonamides is 1. The molecule has 0 radical (unpaired) electrons. The van der Waals surface area contributed by atoms with Crippen LogP contribution in [0, 0.1) is 24.2 Å². The van der Waals surface area contributed by atoms with E-state index in [1.54, 1.807) is 6.07 Å². The molecule has 0 aliphatic carbocycles. The number of hydrogen-bond donors (Lipinski definition) is 1. The van der Waals surface area contributed by atoms with Gasteiger partial charge in [-0.3, -0.25) is 0 Å². The third kappa shape index (κ3) is 4.88. The fraction of sp³-hybridized carbons (Fsp3) is 0.381. The van der Waals surface area contributed by atoms with E-state index in [0.717, 1.165) is 38.0 Å². The molecule has 1 aliphatic heterocycles. The molecule has 0 bridgehead atoms. The highest BCUT2D eigenvalue weighted by Crippen LogP contribution is 2.29. The lowest BCUT2D eigenvalue weighted by Crippen LogP contribution is -2.34. The number of benzene rings is 2. The Hall–Kier alpha value is -2.36. The maximum absolute atomic E-state index is 11.5. The first kappa shape index (κ1) is 19.4. The number of rotatable bonds is 5. The highest BCUT2D eigenvalue weighted by atomic mass is 32.2. The minimum absolute atomic E-state index is 0.0178. The smallest absolute Gasteiger partial charge is 0.238 e. The average Bonchev–Trinajstić information content (AvgIpc) is 2.67. The molecule has 1 heterocycles. The number of piperidine rings is 1. The number of nitrogens with two attached hydrogens (primary N) is 1. The van der Waals surface area contributed by atoms with Gasteiger partial charge in [0, 0.05) is 13.1 Å². The summed E-state index contributed by atoms with van der Waals surface area (Å²) in [6.07, 6.45) is 4.42. The summed E-state index contributed by atoms with van der Waals surface area (Å²) in [4.78, 5) is 2.16. The second-order valence-corrected chi connectivity index (χ2v) is 8.85. The van der Waals surface area contributed by atoms with Gasteiger partial charge in [0.25, 0.3) is 0 Å². The molecule has 1 aliphatic rings. The van der Waals surface area contributed by atoms with E-state index < -0.39 is 10.0 Å². The molecule has 0 spiro atoms. The third-order valence-electron chi connectivity index (χ3n) is 5.33. The zero-order valence-corrected chi connectivity index (χ0v) is 16.4. The first-order valence-corrected chi connectivity index (χ1v) is 10.8. The van der Waals surface area contributed by atoms with Crippen LogP contribution < -0.4 is 10.0 Å². The fourth-order valence-corrected chi connectivity index (χ4v) is 4.19. The molecule has 142 valence electrons. The molecule has 0 unspecified atom stereocenters. The summed E-state index contributed by atoms with van der Waals surface area (Å²) in [5.41, 5.74) is 3.82. The molecule has 3 rings (SSSR count). The van der Waals surface area contributed by atoms with Gasteiger partial charge in [0.15, 0.2) is 0 Å². The van der Waals surface area contributed by atoms with Crippen molar-refractivity contribution in [2.75, 3.05) is 18.0 Å². The van der Waals surface area contributed by atoms with Crippen LogP contribution >= 0.6 is 0 Å². The van der Waals surface area contributed by atoms with Crippen LogP contribution in [0.15, 0.2) is 47.4 Å². The van der Waals surface area contributed by atoms with E-state index in [4.69, 9.17) is 5.14 Å². The van der Waals surface area contributed by atoms with Gasteiger partial charge < -0.3 is 4.90 Å². The summed E-state index contributed by atoms with van der Waals surface area (Å²) in [5.74, 6) is 0.678. The quantitative estimate of drug-likeness (QED) is 0.857. The van der Waals surface area contributed by atoms with Gasteiger partial charge in [-0.05, 0) is 62.3 Å². The van der Waals surface area contributed by atoms with Gasteiger partial charge in [-0.25, -0.2) is 13.6 Å². The lowest BCUT2D eigenvalue weighted by molar-refractivity contribution is 0.382. The Morgan fingerprint density at radius 2 is 1.81 bits per heavy atom. The zero-order valence-electron chi connectivity index (χ0n) is 15.6. The lowest BCUT2D eigenvalue weighted by atomic mass is 9.90. The fourth-order valence-electron chi connectivity index (χ4n) is 3.65. The van der Waals surface area contributed by atoms with Crippen LogP contribution in [0.3, 0.4) is 0 Å². The van der Waals surface area contributed by atoms with Gasteiger partial charge in [-0.15, -0.1) is 0 Å². The highest BCUT2D eigenvalue weighted by molar-refractivity contribution is 7.89. The second kappa shape index (κ2) is 8.12. The predicted octanol–water partition coefficient (Wildman–Crippen LogP) is 3.36. The third-order valence-corrected chi connectivity index (χ3v) is 6.25. The standard InChI is InChI=1S/C21H25N3O2S/c1-16-2-4-17(5-3-16)6-7-18-10-12-24(13-11-18)21-9-8-20(27(23,25)26)14-19(21)15-22/h2-5,8-9,14,18H,6-7,10-13H2,1H3,(H2,23,25,26). The number of aryl methyl sites for hydroxylation is 2. The van der Waals surface area contributed by atoms with E-state index in [0.29, 0.717) is 11.5 Å². The highest BCUT2D eigenvalue weighted by Gasteiger charge is 2.22. The van der Waals surface area contributed by atoms with Crippen molar-refractivity contribution in [1.29, 1.82) is 5.26 Å². The van der Waals surface area contributed by atoms with E-state index >= 15 is 0 Å². The van der Waals surface area contributed by atoms with Crippen LogP contribution in [-0.2, 0) is 16.4 Å². The minimum Gasteiger partial charge on any atom is -0.370 e. The van der Waals surface area contributed by atoms with Crippen LogP contribution in [0.2, 0.25) is 0 Å². The van der Waals surface area contributed by atoms with Crippen molar-refractivity contribution in [3.8, 4) is 6.07 Å². The summed E-state index contributed by atoms with van der Waals surface area (Å²) < 4.78 is 23.0. The molecule has 0 aromatic heterocycles. The van der Waals surface area contributed by atoms with Gasteiger partial charge in [-0.1, -0.05) is 29.8 Å². The van der Waals surface area contributed by atoms with Crippen LogP contribution in [0.1, 0.15) is 36.0 Å². The average molecular weight is 384 g/mol. The molecule has 1 saturated heterocycles. The van der Waals surface area contributed by atoms with Crippen molar-refractivity contribution in [3.63, 3.8) is 0 Å². The molecule has 2 N–H and O–H groups in total. The van der Waals surface area contributed by atoms with Crippen molar-refractivity contribution >= 4 is 15.7 Å². The summed E-state index contributed by atoms with van der Waals surface area (Å²) in [7, 11) is -3.80. The van der Waals surface area contributed by atoms with Crippen LogP contribution in [0.5, 0.6) is 0 Å². The number of sulfonamides is 1. The Bertz CT molecular complexity index is 938. The lowest BCUT2D eigenvalue weighted by Gasteiger charge is -2.34. The van der Waals surface area contributed by atoms with Gasteiger partial charge in [0.05, 0.1) is 16.1 Å². The predicted molar refractivity (Wildman–Crippen MR) is 107 cm³/mol. The van der Waals surface area contributed by atoms with Crippen molar-refractivity contribution in [2.24, 2.45) is 11.1 Å². The molecular formula is C21H25N3O2S. The van der Waals surface area contributed by atoms with Crippen molar-refractivity contribution < 1.29 is 8.42 Å². The number of anilines is 1.